The molecular formula is C13H22N6O. The van der Waals surface area contributed by atoms with E-state index in [9.17, 15) is 4.79 Å². The summed E-state index contributed by atoms with van der Waals surface area (Å²) in [5, 5.41) is 4.48. The normalized spacial score (nSPS) is 12.8. The molecule has 110 valence electrons. The molecule has 1 unspecified atom stereocenters. The Morgan fingerprint density at radius 2 is 2.10 bits per heavy atom. The highest BCUT2D eigenvalue weighted by molar-refractivity contribution is 5.84. The van der Waals surface area contributed by atoms with Gasteiger partial charge in [0.25, 0.3) is 0 Å². The highest BCUT2D eigenvalue weighted by Crippen LogP contribution is 2.26. The van der Waals surface area contributed by atoms with E-state index < -0.39 is 6.04 Å². The molecule has 0 fully saturated rings. The Morgan fingerprint density at radius 3 is 2.65 bits per heavy atom. The minimum absolute atomic E-state index is 0.0192. The maximum atomic E-state index is 12.2. The van der Waals surface area contributed by atoms with Crippen LogP contribution in [0, 0.1) is 0 Å². The summed E-state index contributed by atoms with van der Waals surface area (Å²) in [4.78, 5) is 18.1. The molecule has 7 nitrogen and oxygen atoms in total. The molecule has 0 spiro atoms. The van der Waals surface area contributed by atoms with E-state index in [1.807, 2.05) is 14.0 Å². The fourth-order valence-electron chi connectivity index (χ4n) is 2.49. The number of likely N-dealkylation sites (N-methyl/N-ethyl adjacent to an activating group) is 1. The Balaban J connectivity index is 2.59. The lowest BCUT2D eigenvalue weighted by molar-refractivity contribution is -0.131. The third-order valence-electron chi connectivity index (χ3n) is 3.44. The van der Waals surface area contributed by atoms with Crippen molar-refractivity contribution in [2.75, 3.05) is 19.8 Å². The molecule has 0 aromatic carbocycles. The number of hydrogen-bond acceptors (Lipinski definition) is 4. The van der Waals surface area contributed by atoms with Crippen molar-refractivity contribution in [3.8, 4) is 0 Å². The van der Waals surface area contributed by atoms with E-state index in [1.54, 1.807) is 28.2 Å². The molecule has 2 aromatic rings. The maximum absolute atomic E-state index is 12.2. The minimum Gasteiger partial charge on any atom is -0.369 e. The van der Waals surface area contributed by atoms with E-state index in [0.717, 1.165) is 29.7 Å². The van der Waals surface area contributed by atoms with Crippen molar-refractivity contribution in [1.82, 2.24) is 24.2 Å². The molecule has 20 heavy (non-hydrogen) atoms. The van der Waals surface area contributed by atoms with Crippen LogP contribution in [-0.2, 0) is 18.3 Å². The number of imidazole rings is 1. The number of aromatic nitrogens is 4. The molecule has 0 aliphatic carbocycles. The van der Waals surface area contributed by atoms with Gasteiger partial charge in [-0.05, 0) is 13.3 Å². The van der Waals surface area contributed by atoms with Crippen molar-refractivity contribution >= 4 is 23.0 Å². The highest BCUT2D eigenvalue weighted by Gasteiger charge is 2.25. The van der Waals surface area contributed by atoms with Gasteiger partial charge in [-0.3, -0.25) is 14.0 Å². The van der Waals surface area contributed by atoms with Crippen LogP contribution in [0.15, 0.2) is 0 Å². The number of nitrogen functional groups attached to an aromatic ring is 1. The minimum atomic E-state index is -0.403. The van der Waals surface area contributed by atoms with Crippen LogP contribution in [0.2, 0.25) is 0 Å². The lowest BCUT2D eigenvalue weighted by atomic mass is 10.2. The zero-order valence-electron chi connectivity index (χ0n) is 12.7. The zero-order chi connectivity index (χ0) is 15.0. The van der Waals surface area contributed by atoms with Crippen molar-refractivity contribution in [1.29, 1.82) is 0 Å². The Hall–Kier alpha value is -2.05. The SMILES string of the molecule is CCCc1nn(C)c2c1nc(N)n2C(C)C(=O)N(C)C. The summed E-state index contributed by atoms with van der Waals surface area (Å²) < 4.78 is 3.51. The van der Waals surface area contributed by atoms with Gasteiger partial charge in [0.2, 0.25) is 11.9 Å². The standard InChI is InChI=1S/C13H22N6O/c1-6-7-9-10-11(18(5)16-9)19(13(14)15-10)8(2)12(20)17(3)4/h8H,6-7H2,1-5H3,(H2,14,15). The monoisotopic (exact) mass is 278 g/mol. The van der Waals surface area contributed by atoms with Gasteiger partial charge in [-0.25, -0.2) is 4.98 Å². The van der Waals surface area contributed by atoms with E-state index in [2.05, 4.69) is 17.0 Å². The third-order valence-corrected chi connectivity index (χ3v) is 3.44. The number of aryl methyl sites for hydroxylation is 2. The predicted octanol–water partition coefficient (Wildman–Crippen LogP) is 0.954. The summed E-state index contributed by atoms with van der Waals surface area (Å²) in [6.07, 6.45) is 1.84. The van der Waals surface area contributed by atoms with Crippen LogP contribution in [0.25, 0.3) is 11.2 Å². The van der Waals surface area contributed by atoms with Gasteiger partial charge >= 0.3 is 0 Å². The van der Waals surface area contributed by atoms with Crippen LogP contribution in [0.1, 0.15) is 32.0 Å². The van der Waals surface area contributed by atoms with Gasteiger partial charge < -0.3 is 10.6 Å². The van der Waals surface area contributed by atoms with Crippen molar-refractivity contribution in [3.05, 3.63) is 5.69 Å². The first-order valence-electron chi connectivity index (χ1n) is 6.78. The lowest BCUT2D eigenvalue weighted by Crippen LogP contribution is -2.30. The van der Waals surface area contributed by atoms with E-state index in [0.29, 0.717) is 5.95 Å². The van der Waals surface area contributed by atoms with E-state index >= 15 is 0 Å². The number of amides is 1. The summed E-state index contributed by atoms with van der Waals surface area (Å²) in [6.45, 7) is 3.92. The number of nitrogens with two attached hydrogens (primary N) is 1. The largest absolute Gasteiger partial charge is 0.369 e. The fourth-order valence-corrected chi connectivity index (χ4v) is 2.49. The first-order valence-corrected chi connectivity index (χ1v) is 6.78. The summed E-state index contributed by atoms with van der Waals surface area (Å²) >= 11 is 0. The molecule has 1 atom stereocenters. The second kappa shape index (κ2) is 5.15. The van der Waals surface area contributed by atoms with Gasteiger partial charge in [0.15, 0.2) is 5.65 Å². The molecule has 0 radical (unpaired) electrons. The molecule has 2 heterocycles. The van der Waals surface area contributed by atoms with E-state index in [-0.39, 0.29) is 5.91 Å². The molecule has 7 heteroatoms. The molecule has 2 rings (SSSR count). The van der Waals surface area contributed by atoms with Crippen LogP contribution in [0.3, 0.4) is 0 Å². The molecule has 1 amide bonds. The first-order chi connectivity index (χ1) is 9.38. The lowest BCUT2D eigenvalue weighted by Gasteiger charge is -2.19. The van der Waals surface area contributed by atoms with Crippen molar-refractivity contribution in [2.45, 2.75) is 32.7 Å². The third kappa shape index (κ3) is 2.13. The Kier molecular flexibility index (Phi) is 3.69. The number of fused-ring (bicyclic) bond motifs is 1. The van der Waals surface area contributed by atoms with Crippen LogP contribution in [0.5, 0.6) is 0 Å². The van der Waals surface area contributed by atoms with E-state index in [4.69, 9.17) is 5.73 Å². The molecule has 0 aliphatic rings. The number of hydrogen-bond donors (Lipinski definition) is 1. The topological polar surface area (TPSA) is 82.0 Å². The van der Waals surface area contributed by atoms with Crippen molar-refractivity contribution < 1.29 is 4.79 Å². The van der Waals surface area contributed by atoms with Gasteiger partial charge in [-0.1, -0.05) is 13.3 Å². The van der Waals surface area contributed by atoms with Gasteiger partial charge in [0, 0.05) is 21.1 Å². The van der Waals surface area contributed by atoms with Crippen LogP contribution >= 0.6 is 0 Å². The van der Waals surface area contributed by atoms with Crippen molar-refractivity contribution in [3.63, 3.8) is 0 Å². The molecule has 0 bridgehead atoms. The summed E-state index contributed by atoms with van der Waals surface area (Å²) in [6, 6.07) is -0.403. The first kappa shape index (κ1) is 14.4. The average molecular weight is 278 g/mol. The number of carbonyl (C=O) groups is 1. The van der Waals surface area contributed by atoms with Gasteiger partial charge in [0.05, 0.1) is 5.69 Å². The fraction of sp³-hybridized carbons (Fsp3) is 0.615. The Bertz CT molecular complexity index is 639. The van der Waals surface area contributed by atoms with Gasteiger partial charge in [0.1, 0.15) is 11.6 Å². The van der Waals surface area contributed by atoms with Gasteiger partial charge in [-0.2, -0.15) is 5.10 Å². The predicted molar refractivity (Wildman–Crippen MR) is 78.3 cm³/mol. The molecule has 0 saturated carbocycles. The Morgan fingerprint density at radius 1 is 1.45 bits per heavy atom. The molecule has 0 aliphatic heterocycles. The summed E-state index contributed by atoms with van der Waals surface area (Å²) in [5.74, 6) is 0.335. The van der Waals surface area contributed by atoms with E-state index in [1.165, 1.54) is 0 Å². The highest BCUT2D eigenvalue weighted by atomic mass is 16.2. The summed E-state index contributed by atoms with van der Waals surface area (Å²) in [7, 11) is 5.32. The zero-order valence-corrected chi connectivity index (χ0v) is 12.7. The number of anilines is 1. The van der Waals surface area contributed by atoms with Crippen LogP contribution in [-0.4, -0.2) is 44.2 Å². The molecule has 0 saturated heterocycles. The quantitative estimate of drug-likeness (QED) is 0.903. The average Bonchev–Trinajstić information content (AvgIpc) is 2.86. The molecule has 2 N–H and O–H groups in total. The number of rotatable bonds is 4. The van der Waals surface area contributed by atoms with Crippen LogP contribution in [0.4, 0.5) is 5.95 Å². The van der Waals surface area contributed by atoms with Crippen LogP contribution < -0.4 is 5.73 Å². The summed E-state index contributed by atoms with van der Waals surface area (Å²) in [5.41, 5.74) is 8.54. The number of carbonyl (C=O) groups excluding carboxylic acids is 1. The smallest absolute Gasteiger partial charge is 0.245 e. The van der Waals surface area contributed by atoms with Crippen molar-refractivity contribution in [2.24, 2.45) is 7.05 Å². The number of nitrogens with zero attached hydrogens (tertiary/aromatic N) is 5. The Labute approximate surface area is 118 Å². The maximum Gasteiger partial charge on any atom is 0.245 e. The molecule has 2 aromatic heterocycles. The molecular weight excluding hydrogens is 256 g/mol. The second-order valence-corrected chi connectivity index (χ2v) is 5.24. The van der Waals surface area contributed by atoms with Gasteiger partial charge in [-0.15, -0.1) is 0 Å². The second-order valence-electron chi connectivity index (χ2n) is 5.24.